The third-order valence-electron chi connectivity index (χ3n) is 7.71. The van der Waals surface area contributed by atoms with E-state index in [2.05, 4.69) is 11.9 Å². The Balaban J connectivity index is 1.20. The quantitative estimate of drug-likeness (QED) is 0.372. The van der Waals surface area contributed by atoms with Crippen molar-refractivity contribution < 1.29 is 28.6 Å². The smallest absolute Gasteiger partial charge is 0.236 e. The third kappa shape index (κ3) is 4.75. The Morgan fingerprint density at radius 3 is 2.39 bits per heavy atom. The first kappa shape index (κ1) is 24.5. The molecule has 0 aliphatic carbocycles. The number of hydrogen-bond acceptors (Lipinski definition) is 6. The van der Waals surface area contributed by atoms with Crippen LogP contribution in [0.3, 0.4) is 0 Å². The first-order valence-electron chi connectivity index (χ1n) is 13.3. The SMILES string of the molecule is CCC1CC[NH+](Cc2cnc(C(O)(c3ccccc3)c3ccccc3)o2)CC1Oc1ccc2c(c1)OCO2. The van der Waals surface area contributed by atoms with Gasteiger partial charge in [0, 0.05) is 18.4 Å². The molecule has 0 saturated carbocycles. The van der Waals surface area contributed by atoms with Crippen LogP contribution < -0.4 is 19.1 Å². The summed E-state index contributed by atoms with van der Waals surface area (Å²) in [5, 5.41) is 12.0. The monoisotopic (exact) mass is 513 g/mol. The lowest BCUT2D eigenvalue weighted by Crippen LogP contribution is -3.13. The summed E-state index contributed by atoms with van der Waals surface area (Å²) < 4.78 is 23.7. The molecule has 3 aromatic carbocycles. The number of ether oxygens (including phenoxy) is 3. The average Bonchev–Trinajstić information content (AvgIpc) is 3.63. The van der Waals surface area contributed by atoms with Crippen LogP contribution in [0.2, 0.25) is 0 Å². The normalized spacial score (nSPS) is 20.8. The molecule has 2 aliphatic heterocycles. The maximum atomic E-state index is 12.0. The van der Waals surface area contributed by atoms with E-state index in [1.165, 1.54) is 4.90 Å². The van der Waals surface area contributed by atoms with Crippen molar-refractivity contribution in [3.05, 3.63) is 108 Å². The number of nitrogens with one attached hydrogen (secondary N) is 1. The van der Waals surface area contributed by atoms with Crippen molar-refractivity contribution >= 4 is 0 Å². The van der Waals surface area contributed by atoms with Crippen LogP contribution in [0.4, 0.5) is 0 Å². The molecule has 1 fully saturated rings. The molecule has 3 atom stereocenters. The van der Waals surface area contributed by atoms with Crippen molar-refractivity contribution in [1.29, 1.82) is 0 Å². The predicted octanol–water partition coefficient (Wildman–Crippen LogP) is 3.95. The number of rotatable bonds is 8. The highest BCUT2D eigenvalue weighted by molar-refractivity contribution is 5.47. The van der Waals surface area contributed by atoms with Gasteiger partial charge in [0.25, 0.3) is 0 Å². The summed E-state index contributed by atoms with van der Waals surface area (Å²) in [5.41, 5.74) is -0.0446. The minimum atomic E-state index is -1.48. The van der Waals surface area contributed by atoms with E-state index >= 15 is 0 Å². The molecule has 0 amide bonds. The summed E-state index contributed by atoms with van der Waals surface area (Å²) in [7, 11) is 0. The lowest BCUT2D eigenvalue weighted by atomic mass is 9.86. The second kappa shape index (κ2) is 10.5. The predicted molar refractivity (Wildman–Crippen MR) is 141 cm³/mol. The van der Waals surface area contributed by atoms with Gasteiger partial charge < -0.3 is 28.6 Å². The topological polar surface area (TPSA) is 78.4 Å². The van der Waals surface area contributed by atoms with Crippen LogP contribution >= 0.6 is 0 Å². The summed E-state index contributed by atoms with van der Waals surface area (Å²) in [4.78, 5) is 5.94. The van der Waals surface area contributed by atoms with Crippen LogP contribution in [0.25, 0.3) is 0 Å². The molecule has 0 bridgehead atoms. The zero-order chi connectivity index (χ0) is 26.0. The number of quaternary nitrogens is 1. The molecule has 2 N–H and O–H groups in total. The number of likely N-dealkylation sites (tertiary alicyclic amines) is 1. The van der Waals surface area contributed by atoms with Crippen LogP contribution in [0.1, 0.15) is 42.5 Å². The van der Waals surface area contributed by atoms with E-state index in [0.29, 0.717) is 23.6 Å². The van der Waals surface area contributed by atoms with E-state index in [1.807, 2.05) is 78.9 Å². The number of nitrogens with zero attached hydrogens (tertiary/aromatic N) is 1. The van der Waals surface area contributed by atoms with Crippen molar-refractivity contribution in [2.45, 2.75) is 38.0 Å². The summed E-state index contributed by atoms with van der Waals surface area (Å²) >= 11 is 0. The van der Waals surface area contributed by atoms with Gasteiger partial charge in [-0.3, -0.25) is 0 Å². The molecule has 2 aliphatic rings. The van der Waals surface area contributed by atoms with Crippen molar-refractivity contribution in [3.8, 4) is 17.2 Å². The highest BCUT2D eigenvalue weighted by Crippen LogP contribution is 2.37. The summed E-state index contributed by atoms with van der Waals surface area (Å²) in [6, 6.07) is 24.9. The Morgan fingerprint density at radius 1 is 0.974 bits per heavy atom. The molecule has 1 aromatic heterocycles. The number of benzene rings is 3. The molecular formula is C31H33N2O5+. The summed E-state index contributed by atoms with van der Waals surface area (Å²) in [5.74, 6) is 3.80. The first-order chi connectivity index (χ1) is 18.6. The zero-order valence-corrected chi connectivity index (χ0v) is 21.5. The number of piperidine rings is 1. The summed E-state index contributed by atoms with van der Waals surface area (Å²) in [6.07, 6.45) is 3.96. The van der Waals surface area contributed by atoms with Crippen molar-refractivity contribution in [1.82, 2.24) is 4.98 Å². The van der Waals surface area contributed by atoms with Crippen molar-refractivity contribution in [2.75, 3.05) is 19.9 Å². The van der Waals surface area contributed by atoms with E-state index in [0.717, 1.165) is 48.9 Å². The van der Waals surface area contributed by atoms with Gasteiger partial charge in [-0.15, -0.1) is 0 Å². The zero-order valence-electron chi connectivity index (χ0n) is 21.5. The average molecular weight is 514 g/mol. The van der Waals surface area contributed by atoms with Gasteiger partial charge in [0.05, 0.1) is 12.7 Å². The fourth-order valence-corrected chi connectivity index (χ4v) is 5.59. The van der Waals surface area contributed by atoms with Gasteiger partial charge >= 0.3 is 0 Å². The molecule has 7 heteroatoms. The number of hydrogen-bond donors (Lipinski definition) is 2. The van der Waals surface area contributed by atoms with Crippen LogP contribution in [0, 0.1) is 5.92 Å². The van der Waals surface area contributed by atoms with Gasteiger partial charge in [-0.25, -0.2) is 4.98 Å². The number of oxazole rings is 1. The van der Waals surface area contributed by atoms with Gasteiger partial charge in [0.15, 0.2) is 29.0 Å². The molecule has 196 valence electrons. The molecule has 3 heterocycles. The summed E-state index contributed by atoms with van der Waals surface area (Å²) in [6.45, 7) is 5.02. The van der Waals surface area contributed by atoms with Gasteiger partial charge in [0.1, 0.15) is 18.8 Å². The minimum Gasteiger partial charge on any atom is -0.484 e. The maximum absolute atomic E-state index is 12.0. The van der Waals surface area contributed by atoms with Crippen LogP contribution in [0.15, 0.2) is 89.5 Å². The van der Waals surface area contributed by atoms with Crippen LogP contribution in [0.5, 0.6) is 17.2 Å². The fraction of sp³-hybridized carbons (Fsp3) is 0.323. The van der Waals surface area contributed by atoms with E-state index in [9.17, 15) is 5.11 Å². The fourth-order valence-electron chi connectivity index (χ4n) is 5.59. The van der Waals surface area contributed by atoms with Gasteiger partial charge in [-0.1, -0.05) is 67.6 Å². The Hall–Kier alpha value is -3.81. The minimum absolute atomic E-state index is 0.0806. The molecule has 4 aromatic rings. The second-order valence-electron chi connectivity index (χ2n) is 10.1. The lowest BCUT2D eigenvalue weighted by molar-refractivity contribution is -0.923. The van der Waals surface area contributed by atoms with Crippen LogP contribution in [-0.2, 0) is 12.1 Å². The van der Waals surface area contributed by atoms with Crippen LogP contribution in [-0.4, -0.2) is 36.1 Å². The van der Waals surface area contributed by atoms with E-state index < -0.39 is 5.60 Å². The number of fused-ring (bicyclic) bond motifs is 1. The first-order valence-corrected chi connectivity index (χ1v) is 13.3. The Morgan fingerprint density at radius 2 is 1.68 bits per heavy atom. The third-order valence-corrected chi connectivity index (χ3v) is 7.71. The Kier molecular flexibility index (Phi) is 6.79. The second-order valence-corrected chi connectivity index (χ2v) is 10.1. The molecule has 7 nitrogen and oxygen atoms in total. The molecule has 3 unspecified atom stereocenters. The largest absolute Gasteiger partial charge is 0.484 e. The molecule has 1 saturated heterocycles. The number of aromatic nitrogens is 1. The number of aliphatic hydroxyl groups is 1. The molecule has 0 spiro atoms. The highest BCUT2D eigenvalue weighted by Gasteiger charge is 2.39. The van der Waals surface area contributed by atoms with Crippen molar-refractivity contribution in [2.24, 2.45) is 5.92 Å². The van der Waals surface area contributed by atoms with E-state index in [4.69, 9.17) is 18.6 Å². The highest BCUT2D eigenvalue weighted by atomic mass is 16.7. The molecule has 6 rings (SSSR count). The maximum Gasteiger partial charge on any atom is 0.236 e. The van der Waals surface area contributed by atoms with Gasteiger partial charge in [0.2, 0.25) is 12.7 Å². The molecular weight excluding hydrogens is 480 g/mol. The van der Waals surface area contributed by atoms with Gasteiger partial charge in [-0.2, -0.15) is 0 Å². The standard InChI is InChI=1S/C31H32N2O5/c1-2-22-15-16-33(20-29(22)37-25-13-14-27-28(17-25)36-21-35-27)19-26-18-32-30(38-26)31(34,23-9-5-3-6-10-23)24-11-7-4-8-12-24/h3-14,17-18,22,29,34H,2,15-16,19-21H2,1H3/p+1. The molecule has 0 radical (unpaired) electrons. The van der Waals surface area contributed by atoms with E-state index in [-0.39, 0.29) is 18.8 Å². The molecule has 38 heavy (non-hydrogen) atoms. The lowest BCUT2D eigenvalue weighted by Gasteiger charge is -2.35. The van der Waals surface area contributed by atoms with Crippen molar-refractivity contribution in [3.63, 3.8) is 0 Å². The van der Waals surface area contributed by atoms with Gasteiger partial charge in [-0.05, 0) is 29.7 Å². The Labute approximate surface area is 222 Å². The van der Waals surface area contributed by atoms with E-state index in [1.54, 1.807) is 6.20 Å². The Bertz CT molecular complexity index is 1320.